The summed E-state index contributed by atoms with van der Waals surface area (Å²) in [6.07, 6.45) is 4.23. The van der Waals surface area contributed by atoms with E-state index in [2.05, 4.69) is 58.3 Å². The van der Waals surface area contributed by atoms with Crippen molar-refractivity contribution < 1.29 is 0 Å². The van der Waals surface area contributed by atoms with Crippen molar-refractivity contribution in [1.29, 1.82) is 0 Å². The second kappa shape index (κ2) is 6.58. The third-order valence-corrected chi connectivity index (χ3v) is 4.27. The van der Waals surface area contributed by atoms with Crippen LogP contribution >= 0.6 is 15.9 Å². The van der Waals surface area contributed by atoms with Crippen molar-refractivity contribution in [2.75, 3.05) is 25.0 Å². The van der Waals surface area contributed by atoms with Gasteiger partial charge in [-0.05, 0) is 43.0 Å². The van der Waals surface area contributed by atoms with Crippen molar-refractivity contribution in [2.45, 2.75) is 32.7 Å². The van der Waals surface area contributed by atoms with E-state index < -0.39 is 0 Å². The van der Waals surface area contributed by atoms with Gasteiger partial charge in [-0.1, -0.05) is 35.3 Å². The smallest absolute Gasteiger partial charge is 0.0420 e. The van der Waals surface area contributed by atoms with Gasteiger partial charge in [-0.3, -0.25) is 0 Å². The topological polar surface area (TPSA) is 15.3 Å². The molecular weight excluding hydrogens is 288 g/mol. The number of hydrogen-bond acceptors (Lipinski definition) is 2. The first-order valence-electron chi connectivity index (χ1n) is 6.91. The van der Waals surface area contributed by atoms with Gasteiger partial charge in [-0.25, -0.2) is 0 Å². The van der Waals surface area contributed by atoms with E-state index in [1.807, 2.05) is 0 Å². The molecule has 0 amide bonds. The number of nitrogens with one attached hydrogen (secondary N) is 1. The van der Waals surface area contributed by atoms with Gasteiger partial charge in [0.2, 0.25) is 0 Å². The second-order valence-electron chi connectivity index (χ2n) is 5.23. The van der Waals surface area contributed by atoms with Crippen molar-refractivity contribution in [2.24, 2.45) is 5.92 Å². The molecule has 1 N–H and O–H groups in total. The monoisotopic (exact) mass is 310 g/mol. The van der Waals surface area contributed by atoms with Crippen molar-refractivity contribution in [1.82, 2.24) is 5.32 Å². The zero-order valence-corrected chi connectivity index (χ0v) is 13.0. The fourth-order valence-electron chi connectivity index (χ4n) is 2.46. The Hall–Kier alpha value is -0.540. The molecule has 1 aliphatic rings. The Bertz CT molecular complexity index is 388. The summed E-state index contributed by atoms with van der Waals surface area (Å²) in [6, 6.07) is 6.60. The Morgan fingerprint density at radius 1 is 1.39 bits per heavy atom. The molecule has 2 rings (SSSR count). The van der Waals surface area contributed by atoms with Gasteiger partial charge in [-0.2, -0.15) is 0 Å². The average molecular weight is 311 g/mol. The maximum Gasteiger partial charge on any atom is 0.0420 e. The number of halogens is 1. The van der Waals surface area contributed by atoms with Gasteiger partial charge in [0.05, 0.1) is 0 Å². The van der Waals surface area contributed by atoms with Crippen molar-refractivity contribution in [3.8, 4) is 0 Å². The minimum Gasteiger partial charge on any atom is -0.374 e. The van der Waals surface area contributed by atoms with Crippen LogP contribution in [0.3, 0.4) is 0 Å². The maximum absolute atomic E-state index is 3.58. The first kappa shape index (κ1) is 13.9. The first-order chi connectivity index (χ1) is 8.70. The third-order valence-electron chi connectivity index (χ3n) is 3.78. The molecule has 1 saturated carbocycles. The van der Waals surface area contributed by atoms with Gasteiger partial charge in [0.15, 0.2) is 0 Å². The summed E-state index contributed by atoms with van der Waals surface area (Å²) in [5, 5.41) is 3.42. The number of benzene rings is 1. The predicted octanol–water partition coefficient (Wildman–Crippen LogP) is 3.79. The molecule has 0 atom stereocenters. The summed E-state index contributed by atoms with van der Waals surface area (Å²) in [7, 11) is 2.22. The van der Waals surface area contributed by atoms with Gasteiger partial charge in [0.25, 0.3) is 0 Å². The van der Waals surface area contributed by atoms with E-state index in [1.165, 1.54) is 41.5 Å². The first-order valence-corrected chi connectivity index (χ1v) is 7.70. The summed E-state index contributed by atoms with van der Waals surface area (Å²) in [5.74, 6) is 0.904. The highest BCUT2D eigenvalue weighted by molar-refractivity contribution is 9.10. The lowest BCUT2D eigenvalue weighted by molar-refractivity contribution is 0.321. The van der Waals surface area contributed by atoms with Crippen molar-refractivity contribution >= 4 is 21.6 Å². The van der Waals surface area contributed by atoms with Crippen LogP contribution in [0.2, 0.25) is 0 Å². The van der Waals surface area contributed by atoms with E-state index >= 15 is 0 Å². The molecule has 18 heavy (non-hydrogen) atoms. The van der Waals surface area contributed by atoms with Crippen LogP contribution in [0.1, 0.15) is 31.7 Å². The highest BCUT2D eigenvalue weighted by Crippen LogP contribution is 2.30. The van der Waals surface area contributed by atoms with E-state index in [0.29, 0.717) is 0 Å². The Morgan fingerprint density at radius 2 is 2.17 bits per heavy atom. The molecular formula is C15H23BrN2. The van der Waals surface area contributed by atoms with Crippen molar-refractivity contribution in [3.05, 3.63) is 28.2 Å². The maximum atomic E-state index is 3.58. The van der Waals surface area contributed by atoms with Crippen molar-refractivity contribution in [3.63, 3.8) is 0 Å². The molecule has 0 bridgehead atoms. The summed E-state index contributed by atoms with van der Waals surface area (Å²) >= 11 is 3.58. The largest absolute Gasteiger partial charge is 0.374 e. The van der Waals surface area contributed by atoms with E-state index in [4.69, 9.17) is 0 Å². The van der Waals surface area contributed by atoms with Gasteiger partial charge in [0.1, 0.15) is 0 Å². The fraction of sp³-hybridized carbons (Fsp3) is 0.600. The molecule has 0 saturated heterocycles. The lowest BCUT2D eigenvalue weighted by atomic mass is 9.85. The third kappa shape index (κ3) is 3.48. The summed E-state index contributed by atoms with van der Waals surface area (Å²) in [5.41, 5.74) is 2.75. The number of rotatable bonds is 6. The normalized spacial score (nSPS) is 15.5. The molecule has 0 radical (unpaired) electrons. The van der Waals surface area contributed by atoms with E-state index in [0.717, 1.165) is 19.0 Å². The molecule has 0 unspecified atom stereocenters. The van der Waals surface area contributed by atoms with Crippen LogP contribution in [0.5, 0.6) is 0 Å². The van der Waals surface area contributed by atoms with Crippen LogP contribution in [0, 0.1) is 5.92 Å². The van der Waals surface area contributed by atoms with E-state index in [9.17, 15) is 0 Å². The van der Waals surface area contributed by atoms with Crippen LogP contribution in [-0.4, -0.2) is 20.1 Å². The SMILES string of the molecule is CCNCc1ccc(Br)cc1N(C)CC1CCC1. The summed E-state index contributed by atoms with van der Waals surface area (Å²) in [6.45, 7) is 5.31. The quantitative estimate of drug-likeness (QED) is 0.860. The van der Waals surface area contributed by atoms with Crippen LogP contribution in [0.4, 0.5) is 5.69 Å². The average Bonchev–Trinajstić information content (AvgIpc) is 2.32. The predicted molar refractivity (Wildman–Crippen MR) is 82.1 cm³/mol. The van der Waals surface area contributed by atoms with Gasteiger partial charge < -0.3 is 10.2 Å². The van der Waals surface area contributed by atoms with E-state index in [1.54, 1.807) is 0 Å². The lowest BCUT2D eigenvalue weighted by Crippen LogP contribution is -2.30. The highest BCUT2D eigenvalue weighted by Gasteiger charge is 2.20. The molecule has 0 aromatic heterocycles. The van der Waals surface area contributed by atoms with Gasteiger partial charge in [-0.15, -0.1) is 0 Å². The van der Waals surface area contributed by atoms with Crippen LogP contribution in [0.25, 0.3) is 0 Å². The van der Waals surface area contributed by atoms with Crippen LogP contribution in [0.15, 0.2) is 22.7 Å². The Morgan fingerprint density at radius 3 is 2.78 bits per heavy atom. The Kier molecular flexibility index (Phi) is 5.07. The zero-order chi connectivity index (χ0) is 13.0. The number of hydrogen-bond donors (Lipinski definition) is 1. The molecule has 0 heterocycles. The molecule has 1 aliphatic carbocycles. The second-order valence-corrected chi connectivity index (χ2v) is 6.15. The lowest BCUT2D eigenvalue weighted by Gasteiger charge is -2.32. The number of nitrogens with zero attached hydrogens (tertiary/aromatic N) is 1. The molecule has 3 heteroatoms. The minimum atomic E-state index is 0.904. The standard InChI is InChI=1S/C15H23BrN2/c1-3-17-10-13-7-8-14(16)9-15(13)18(2)11-12-5-4-6-12/h7-9,12,17H,3-6,10-11H2,1-2H3. The highest BCUT2D eigenvalue weighted by atomic mass is 79.9. The summed E-state index contributed by atoms with van der Waals surface area (Å²) < 4.78 is 1.17. The van der Waals surface area contributed by atoms with Crippen LogP contribution < -0.4 is 10.2 Å². The Balaban J connectivity index is 2.09. The Labute approximate surface area is 119 Å². The molecule has 1 aromatic carbocycles. The molecule has 1 aromatic rings. The van der Waals surface area contributed by atoms with Crippen LogP contribution in [-0.2, 0) is 6.54 Å². The zero-order valence-electron chi connectivity index (χ0n) is 11.4. The molecule has 1 fully saturated rings. The van der Waals surface area contributed by atoms with E-state index in [-0.39, 0.29) is 0 Å². The molecule has 2 nitrogen and oxygen atoms in total. The molecule has 100 valence electrons. The van der Waals surface area contributed by atoms with Gasteiger partial charge in [0, 0.05) is 30.3 Å². The fourth-order valence-corrected chi connectivity index (χ4v) is 2.81. The number of anilines is 1. The summed E-state index contributed by atoms with van der Waals surface area (Å²) in [4.78, 5) is 2.42. The molecule has 0 aliphatic heterocycles. The van der Waals surface area contributed by atoms with Gasteiger partial charge >= 0.3 is 0 Å². The minimum absolute atomic E-state index is 0.904. The molecule has 0 spiro atoms.